The largest absolute Gasteiger partial charge is 0.463 e. The summed E-state index contributed by atoms with van der Waals surface area (Å²) in [4.78, 5) is 12.1. The standard InChI is InChI=1S/C21H23NO4S/c1-4-26-21(23)14-18-13-20(17-9-5-15(2)6-10-17)22(18)27(24,25)19-11-7-16(3)8-12-19/h5-12,14,20H,4,13H2,1-3H3/b18-14+. The number of ether oxygens (including phenoxy) is 1. The van der Waals surface area contributed by atoms with Crippen LogP contribution in [0.3, 0.4) is 0 Å². The molecule has 0 amide bonds. The second-order valence-electron chi connectivity index (χ2n) is 6.63. The first-order valence-corrected chi connectivity index (χ1v) is 10.3. The molecule has 1 aliphatic heterocycles. The Balaban J connectivity index is 2.00. The number of nitrogens with zero attached hydrogens (tertiary/aromatic N) is 1. The van der Waals surface area contributed by atoms with E-state index in [0.29, 0.717) is 12.1 Å². The average molecular weight is 385 g/mol. The lowest BCUT2D eigenvalue weighted by atomic mass is 9.94. The molecule has 0 aliphatic carbocycles. The zero-order valence-electron chi connectivity index (χ0n) is 15.7. The van der Waals surface area contributed by atoms with Crippen molar-refractivity contribution in [2.75, 3.05) is 6.61 Å². The van der Waals surface area contributed by atoms with E-state index in [1.807, 2.05) is 38.1 Å². The molecular formula is C21H23NO4S. The Morgan fingerprint density at radius 2 is 1.63 bits per heavy atom. The van der Waals surface area contributed by atoms with Crippen LogP contribution in [0.25, 0.3) is 0 Å². The number of carbonyl (C=O) groups is 1. The molecule has 1 fully saturated rings. The van der Waals surface area contributed by atoms with Crippen LogP contribution in [-0.2, 0) is 19.6 Å². The molecule has 0 spiro atoms. The minimum absolute atomic E-state index is 0.208. The van der Waals surface area contributed by atoms with Crippen LogP contribution in [0.5, 0.6) is 0 Å². The summed E-state index contributed by atoms with van der Waals surface area (Å²) in [5.74, 6) is -0.529. The molecule has 2 aromatic rings. The predicted octanol–water partition coefficient (Wildman–Crippen LogP) is 3.89. The molecule has 0 N–H and O–H groups in total. The lowest BCUT2D eigenvalue weighted by Gasteiger charge is -2.44. The lowest BCUT2D eigenvalue weighted by molar-refractivity contribution is -0.137. The minimum Gasteiger partial charge on any atom is -0.463 e. The van der Waals surface area contributed by atoms with Gasteiger partial charge in [0.1, 0.15) is 0 Å². The SMILES string of the molecule is CCOC(=O)/C=C1\CC(c2ccc(C)cc2)N1S(=O)(=O)c1ccc(C)cc1. The van der Waals surface area contributed by atoms with Crippen LogP contribution in [0, 0.1) is 13.8 Å². The number of sulfonamides is 1. The van der Waals surface area contributed by atoms with Crippen molar-refractivity contribution >= 4 is 16.0 Å². The fraction of sp³-hybridized carbons (Fsp3) is 0.286. The Bertz CT molecular complexity index is 960. The Kier molecular flexibility index (Phi) is 5.37. The highest BCUT2D eigenvalue weighted by atomic mass is 32.2. The van der Waals surface area contributed by atoms with Crippen molar-refractivity contribution in [3.8, 4) is 0 Å². The minimum atomic E-state index is -3.78. The van der Waals surface area contributed by atoms with Gasteiger partial charge in [-0.1, -0.05) is 47.5 Å². The van der Waals surface area contributed by atoms with Gasteiger partial charge in [-0.05, 0) is 38.5 Å². The monoisotopic (exact) mass is 385 g/mol. The Morgan fingerprint density at radius 1 is 1.07 bits per heavy atom. The normalized spacial score (nSPS) is 18.3. The van der Waals surface area contributed by atoms with Gasteiger partial charge in [0.25, 0.3) is 10.0 Å². The highest BCUT2D eigenvalue weighted by molar-refractivity contribution is 7.89. The summed E-state index contributed by atoms with van der Waals surface area (Å²) in [6, 6.07) is 14.2. The van der Waals surface area contributed by atoms with Gasteiger partial charge in [0.15, 0.2) is 0 Å². The molecular weight excluding hydrogens is 362 g/mol. The van der Waals surface area contributed by atoms with E-state index >= 15 is 0 Å². The van der Waals surface area contributed by atoms with Crippen molar-refractivity contribution in [1.82, 2.24) is 4.31 Å². The van der Waals surface area contributed by atoms with E-state index in [0.717, 1.165) is 16.7 Å². The molecule has 2 aromatic carbocycles. The molecule has 6 heteroatoms. The summed E-state index contributed by atoms with van der Waals surface area (Å²) in [6.45, 7) is 5.85. The van der Waals surface area contributed by atoms with E-state index in [1.165, 1.54) is 10.4 Å². The summed E-state index contributed by atoms with van der Waals surface area (Å²) < 4.78 is 32.8. The van der Waals surface area contributed by atoms with Crippen LogP contribution < -0.4 is 0 Å². The van der Waals surface area contributed by atoms with Gasteiger partial charge in [-0.3, -0.25) is 4.31 Å². The molecule has 0 bridgehead atoms. The van der Waals surface area contributed by atoms with Crippen LogP contribution in [0.1, 0.15) is 36.1 Å². The summed E-state index contributed by atoms with van der Waals surface area (Å²) in [5, 5.41) is 0. The second-order valence-corrected chi connectivity index (χ2v) is 8.45. The van der Waals surface area contributed by atoms with E-state index in [4.69, 9.17) is 4.74 Å². The van der Waals surface area contributed by atoms with E-state index in [1.54, 1.807) is 31.2 Å². The number of aryl methyl sites for hydroxylation is 2. The Labute approximate surface area is 160 Å². The third-order valence-electron chi connectivity index (χ3n) is 4.58. The van der Waals surface area contributed by atoms with Gasteiger partial charge < -0.3 is 4.74 Å². The van der Waals surface area contributed by atoms with Gasteiger partial charge in [-0.25, -0.2) is 13.2 Å². The van der Waals surface area contributed by atoms with E-state index in [-0.39, 0.29) is 17.5 Å². The second kappa shape index (κ2) is 7.56. The number of hydrogen-bond donors (Lipinski definition) is 0. The first-order chi connectivity index (χ1) is 12.8. The topological polar surface area (TPSA) is 63.7 Å². The van der Waals surface area contributed by atoms with Crippen LogP contribution in [-0.4, -0.2) is 25.3 Å². The zero-order valence-corrected chi connectivity index (χ0v) is 16.5. The molecule has 1 unspecified atom stereocenters. The van der Waals surface area contributed by atoms with Crippen LogP contribution in [0.4, 0.5) is 0 Å². The fourth-order valence-electron chi connectivity index (χ4n) is 3.09. The molecule has 1 heterocycles. The van der Waals surface area contributed by atoms with Crippen LogP contribution in [0.2, 0.25) is 0 Å². The maximum absolute atomic E-state index is 13.3. The smallest absolute Gasteiger partial charge is 0.332 e. The molecule has 1 atom stereocenters. The van der Waals surface area contributed by atoms with E-state index < -0.39 is 16.0 Å². The average Bonchev–Trinajstić information content (AvgIpc) is 2.59. The Hall–Kier alpha value is -2.60. The summed E-state index contributed by atoms with van der Waals surface area (Å²) in [6.07, 6.45) is 1.74. The molecule has 1 saturated heterocycles. The van der Waals surface area contributed by atoms with Gasteiger partial charge in [-0.15, -0.1) is 0 Å². The molecule has 0 aromatic heterocycles. The maximum atomic E-state index is 13.3. The molecule has 0 radical (unpaired) electrons. The summed E-state index contributed by atoms with van der Waals surface area (Å²) in [5.41, 5.74) is 3.43. The van der Waals surface area contributed by atoms with Crippen molar-refractivity contribution in [3.05, 3.63) is 77.0 Å². The number of carbonyl (C=O) groups excluding carboxylic acids is 1. The van der Waals surface area contributed by atoms with Gasteiger partial charge >= 0.3 is 5.97 Å². The van der Waals surface area contributed by atoms with E-state index in [9.17, 15) is 13.2 Å². The van der Waals surface area contributed by atoms with Gasteiger partial charge in [-0.2, -0.15) is 0 Å². The van der Waals surface area contributed by atoms with Crippen molar-refractivity contribution in [1.29, 1.82) is 0 Å². The molecule has 3 rings (SSSR count). The maximum Gasteiger partial charge on any atom is 0.332 e. The molecule has 27 heavy (non-hydrogen) atoms. The highest BCUT2D eigenvalue weighted by Gasteiger charge is 2.43. The third-order valence-corrected chi connectivity index (χ3v) is 6.45. The molecule has 1 aliphatic rings. The van der Waals surface area contributed by atoms with Crippen LogP contribution >= 0.6 is 0 Å². The number of benzene rings is 2. The van der Waals surface area contributed by atoms with Gasteiger partial charge in [0.05, 0.1) is 17.5 Å². The highest BCUT2D eigenvalue weighted by Crippen LogP contribution is 2.45. The quantitative estimate of drug-likeness (QED) is 0.579. The summed E-state index contributed by atoms with van der Waals surface area (Å²) >= 11 is 0. The number of rotatable bonds is 5. The fourth-order valence-corrected chi connectivity index (χ4v) is 4.76. The van der Waals surface area contributed by atoms with Crippen molar-refractivity contribution in [3.63, 3.8) is 0 Å². The van der Waals surface area contributed by atoms with Crippen molar-refractivity contribution in [2.24, 2.45) is 0 Å². The van der Waals surface area contributed by atoms with Crippen LogP contribution in [0.15, 0.2) is 65.2 Å². The number of hydrogen-bond acceptors (Lipinski definition) is 4. The van der Waals surface area contributed by atoms with Gasteiger partial charge in [0, 0.05) is 18.2 Å². The Morgan fingerprint density at radius 3 is 2.19 bits per heavy atom. The van der Waals surface area contributed by atoms with Crippen molar-refractivity contribution in [2.45, 2.75) is 38.1 Å². The zero-order chi connectivity index (χ0) is 19.6. The van der Waals surface area contributed by atoms with E-state index in [2.05, 4.69) is 0 Å². The molecule has 142 valence electrons. The lowest BCUT2D eigenvalue weighted by Crippen LogP contribution is -2.43. The van der Waals surface area contributed by atoms with Gasteiger partial charge in [0.2, 0.25) is 0 Å². The first-order valence-electron chi connectivity index (χ1n) is 8.88. The number of esters is 1. The predicted molar refractivity (Wildman–Crippen MR) is 103 cm³/mol. The third kappa shape index (κ3) is 3.90. The molecule has 5 nitrogen and oxygen atoms in total. The summed E-state index contributed by atoms with van der Waals surface area (Å²) in [7, 11) is -3.78. The van der Waals surface area contributed by atoms with Crippen molar-refractivity contribution < 1.29 is 17.9 Å². The first kappa shape index (κ1) is 19.2. The molecule has 0 saturated carbocycles.